The zero-order valence-electron chi connectivity index (χ0n) is 8.66. The molecule has 0 bridgehead atoms. The van der Waals surface area contributed by atoms with Crippen LogP contribution in [0.15, 0.2) is 0 Å². The van der Waals surface area contributed by atoms with Gasteiger partial charge in [0.2, 0.25) is 0 Å². The number of hydrogen-bond acceptors (Lipinski definition) is 4. The molecule has 0 radical (unpaired) electrons. The van der Waals surface area contributed by atoms with E-state index in [2.05, 4.69) is 26.8 Å². The lowest BCUT2D eigenvalue weighted by Gasteiger charge is -2.21. The summed E-state index contributed by atoms with van der Waals surface area (Å²) in [5, 5.41) is 0. The lowest BCUT2D eigenvalue weighted by Crippen LogP contribution is -2.27. The quantitative estimate of drug-likeness (QED) is 0.489. The highest BCUT2D eigenvalue weighted by atomic mass is 32.1. The summed E-state index contributed by atoms with van der Waals surface area (Å²) in [4.78, 5) is 0. The van der Waals surface area contributed by atoms with Gasteiger partial charge in [0.05, 0.1) is 25.4 Å². The summed E-state index contributed by atoms with van der Waals surface area (Å²) in [6, 6.07) is 0. The van der Waals surface area contributed by atoms with Gasteiger partial charge in [0.15, 0.2) is 0 Å². The van der Waals surface area contributed by atoms with Crippen molar-refractivity contribution >= 4 is 12.9 Å². The topological polar surface area (TPSA) is 27.7 Å². The Labute approximate surface area is 86.4 Å². The Morgan fingerprint density at radius 2 is 1.62 bits per heavy atom. The van der Waals surface area contributed by atoms with Gasteiger partial charge in [-0.3, -0.25) is 0 Å². The molecule has 0 rings (SSSR count). The van der Waals surface area contributed by atoms with Crippen molar-refractivity contribution in [2.75, 3.05) is 20.3 Å². The van der Waals surface area contributed by atoms with Crippen LogP contribution in [0, 0.1) is 0 Å². The molecule has 0 aliphatic rings. The average molecular weight is 208 g/mol. The van der Waals surface area contributed by atoms with Crippen LogP contribution in [0.25, 0.3) is 0 Å². The summed E-state index contributed by atoms with van der Waals surface area (Å²) in [6.45, 7) is 5.31. The van der Waals surface area contributed by atoms with Crippen molar-refractivity contribution in [3.8, 4) is 0 Å². The van der Waals surface area contributed by atoms with Gasteiger partial charge in [-0.1, -0.05) is 13.8 Å². The van der Waals surface area contributed by atoms with Crippen LogP contribution in [0.3, 0.4) is 0 Å². The lowest BCUT2D eigenvalue weighted by atomic mass is 10.2. The van der Waals surface area contributed by atoms with Gasteiger partial charge in [0.25, 0.3) is 0 Å². The molecule has 2 unspecified atom stereocenters. The third-order valence-corrected chi connectivity index (χ3v) is 2.06. The molecule has 0 aliphatic heterocycles. The van der Waals surface area contributed by atoms with Gasteiger partial charge in [-0.15, -0.1) is 0 Å². The van der Waals surface area contributed by atoms with E-state index in [4.69, 9.17) is 13.7 Å². The van der Waals surface area contributed by atoms with Crippen LogP contribution in [-0.2, 0) is 13.7 Å². The van der Waals surface area contributed by atoms with Gasteiger partial charge in [0, 0.05) is 7.11 Å². The molecule has 0 aromatic heterocycles. The van der Waals surface area contributed by atoms with E-state index in [-0.39, 0.29) is 12.2 Å². The van der Waals surface area contributed by atoms with Crippen LogP contribution in [0.1, 0.15) is 26.7 Å². The second-order valence-corrected chi connectivity index (χ2v) is 3.21. The second kappa shape index (κ2) is 8.81. The molecule has 0 spiro atoms. The Kier molecular flexibility index (Phi) is 8.97. The fraction of sp³-hybridized carbons (Fsp3) is 1.00. The average Bonchev–Trinajstić information content (AvgIpc) is 2.16. The molecular weight excluding hydrogens is 188 g/mol. The lowest BCUT2D eigenvalue weighted by molar-refractivity contribution is -0.0630. The number of rotatable bonds is 8. The Balaban J connectivity index is 3.73. The number of hydrogen-bond donors (Lipinski definition) is 1. The summed E-state index contributed by atoms with van der Waals surface area (Å²) >= 11 is 3.71. The van der Waals surface area contributed by atoms with Gasteiger partial charge in [-0.25, -0.2) is 0 Å². The smallest absolute Gasteiger partial charge is 0.0872 e. The molecular formula is C9H20O3S. The molecule has 2 atom stereocenters. The van der Waals surface area contributed by atoms with E-state index in [1.54, 1.807) is 7.11 Å². The van der Waals surface area contributed by atoms with Crippen LogP contribution in [0.5, 0.6) is 0 Å². The molecule has 0 saturated heterocycles. The Bertz CT molecular complexity index is 99.0. The van der Waals surface area contributed by atoms with Crippen molar-refractivity contribution in [1.82, 2.24) is 0 Å². The van der Waals surface area contributed by atoms with E-state index in [1.165, 1.54) is 0 Å². The Hall–Kier alpha value is 0.230. The van der Waals surface area contributed by atoms with Gasteiger partial charge < -0.3 is 13.7 Å². The van der Waals surface area contributed by atoms with E-state index in [0.717, 1.165) is 12.8 Å². The van der Waals surface area contributed by atoms with Crippen LogP contribution in [-0.4, -0.2) is 32.5 Å². The Morgan fingerprint density at radius 1 is 1.08 bits per heavy atom. The monoisotopic (exact) mass is 208 g/mol. The molecule has 0 aromatic rings. The van der Waals surface area contributed by atoms with Gasteiger partial charge in [-0.2, -0.15) is 0 Å². The minimum Gasteiger partial charge on any atom is -0.382 e. The third kappa shape index (κ3) is 6.32. The summed E-state index contributed by atoms with van der Waals surface area (Å²) in [7, 11) is 1.68. The zero-order valence-corrected chi connectivity index (χ0v) is 9.55. The van der Waals surface area contributed by atoms with E-state index in [0.29, 0.717) is 13.2 Å². The SMILES string of the molecule is CCC(COC)OC(CC)COS. The Morgan fingerprint density at radius 3 is 2.00 bits per heavy atom. The van der Waals surface area contributed by atoms with Gasteiger partial charge in [-0.05, 0) is 25.8 Å². The predicted molar refractivity (Wildman–Crippen MR) is 56.1 cm³/mol. The summed E-state index contributed by atoms with van der Waals surface area (Å²) in [6.07, 6.45) is 2.17. The molecule has 0 aliphatic carbocycles. The molecule has 0 fully saturated rings. The van der Waals surface area contributed by atoms with Gasteiger partial charge >= 0.3 is 0 Å². The molecule has 0 heterocycles. The first-order chi connectivity index (χ1) is 6.28. The van der Waals surface area contributed by atoms with Crippen LogP contribution in [0.4, 0.5) is 0 Å². The fourth-order valence-electron chi connectivity index (χ4n) is 1.05. The van der Waals surface area contributed by atoms with Crippen molar-refractivity contribution in [3.05, 3.63) is 0 Å². The van der Waals surface area contributed by atoms with Crippen molar-refractivity contribution in [3.63, 3.8) is 0 Å². The highest BCUT2D eigenvalue weighted by Gasteiger charge is 2.13. The largest absolute Gasteiger partial charge is 0.382 e. The second-order valence-electron chi connectivity index (χ2n) is 2.95. The molecule has 13 heavy (non-hydrogen) atoms. The summed E-state index contributed by atoms with van der Waals surface area (Å²) in [5.74, 6) is 0. The number of methoxy groups -OCH3 is 1. The maximum Gasteiger partial charge on any atom is 0.0872 e. The van der Waals surface area contributed by atoms with Gasteiger partial charge in [0.1, 0.15) is 0 Å². The molecule has 80 valence electrons. The van der Waals surface area contributed by atoms with E-state index < -0.39 is 0 Å². The molecule has 0 aromatic carbocycles. The first-order valence-electron chi connectivity index (χ1n) is 4.69. The van der Waals surface area contributed by atoms with Crippen LogP contribution < -0.4 is 0 Å². The molecule has 0 saturated carbocycles. The highest BCUT2D eigenvalue weighted by Crippen LogP contribution is 2.07. The minimum atomic E-state index is 0.123. The van der Waals surface area contributed by atoms with E-state index in [1.807, 2.05) is 0 Å². The van der Waals surface area contributed by atoms with Crippen molar-refractivity contribution in [2.45, 2.75) is 38.9 Å². The fourth-order valence-corrected chi connectivity index (χ4v) is 1.21. The zero-order chi connectivity index (χ0) is 10.1. The van der Waals surface area contributed by atoms with Crippen LogP contribution in [0.2, 0.25) is 0 Å². The number of ether oxygens (including phenoxy) is 2. The minimum absolute atomic E-state index is 0.123. The maximum absolute atomic E-state index is 5.73. The molecule has 4 heteroatoms. The first kappa shape index (κ1) is 13.2. The third-order valence-electron chi connectivity index (χ3n) is 1.91. The standard InChI is InChI=1S/C9H20O3S/c1-4-8(6-10-3)12-9(5-2)7-11-13/h8-9,13H,4-7H2,1-3H3. The van der Waals surface area contributed by atoms with Crippen molar-refractivity contribution < 1.29 is 13.7 Å². The van der Waals surface area contributed by atoms with Crippen molar-refractivity contribution in [1.29, 1.82) is 0 Å². The van der Waals surface area contributed by atoms with E-state index in [9.17, 15) is 0 Å². The van der Waals surface area contributed by atoms with E-state index >= 15 is 0 Å². The normalized spacial score (nSPS) is 15.7. The molecule has 3 nitrogen and oxygen atoms in total. The van der Waals surface area contributed by atoms with Crippen LogP contribution >= 0.6 is 12.9 Å². The van der Waals surface area contributed by atoms with Crippen molar-refractivity contribution in [2.24, 2.45) is 0 Å². The highest BCUT2D eigenvalue weighted by molar-refractivity contribution is 7.75. The number of thiol groups is 1. The molecule has 0 N–H and O–H groups in total. The maximum atomic E-state index is 5.73. The summed E-state index contributed by atoms with van der Waals surface area (Å²) < 4.78 is 15.5. The summed E-state index contributed by atoms with van der Waals surface area (Å²) in [5.41, 5.74) is 0. The predicted octanol–water partition coefficient (Wildman–Crippen LogP) is 2.07. The first-order valence-corrected chi connectivity index (χ1v) is 5.05. The molecule has 0 amide bonds.